The molecule has 120 valence electrons. The smallest absolute Gasteiger partial charge is 0.256 e. The summed E-state index contributed by atoms with van der Waals surface area (Å²) in [4.78, 5) is 39.5. The Balaban J connectivity index is 1.90. The van der Waals surface area contributed by atoms with E-state index in [0.717, 1.165) is 10.9 Å². The number of piperazine rings is 1. The molecule has 0 unspecified atom stereocenters. The number of amides is 2. The molecule has 0 bridgehead atoms. The van der Waals surface area contributed by atoms with Gasteiger partial charge in [-0.05, 0) is 6.07 Å². The summed E-state index contributed by atoms with van der Waals surface area (Å²) in [6.07, 6.45) is 1.62. The Morgan fingerprint density at radius 3 is 2.09 bits per heavy atom. The molecule has 1 fully saturated rings. The predicted molar refractivity (Wildman–Crippen MR) is 86.4 cm³/mol. The van der Waals surface area contributed by atoms with Crippen LogP contribution in [0.2, 0.25) is 0 Å². The standard InChI is InChI=1S/C17H19N3O3/c1-12(21)18-7-9-19(10-8-18)17(23)15-11-20(13(2)22)16-6-4-3-5-14(15)16/h3-6,11H,7-10H2,1-2H3. The van der Waals surface area contributed by atoms with Crippen molar-refractivity contribution in [2.45, 2.75) is 13.8 Å². The number of aromatic nitrogens is 1. The Labute approximate surface area is 134 Å². The van der Waals surface area contributed by atoms with E-state index in [2.05, 4.69) is 0 Å². The van der Waals surface area contributed by atoms with Gasteiger partial charge in [-0.1, -0.05) is 18.2 Å². The number of carbonyl (C=O) groups is 3. The lowest BCUT2D eigenvalue weighted by Crippen LogP contribution is -2.50. The molecule has 3 rings (SSSR count). The largest absolute Gasteiger partial charge is 0.339 e. The third-order valence-electron chi connectivity index (χ3n) is 4.29. The van der Waals surface area contributed by atoms with Crippen LogP contribution in [0.15, 0.2) is 30.5 Å². The Morgan fingerprint density at radius 2 is 1.48 bits per heavy atom. The fourth-order valence-electron chi connectivity index (χ4n) is 3.01. The van der Waals surface area contributed by atoms with Gasteiger partial charge in [-0.25, -0.2) is 0 Å². The Kier molecular flexibility index (Phi) is 3.90. The number of hydrogen-bond donors (Lipinski definition) is 0. The quantitative estimate of drug-likeness (QED) is 0.803. The summed E-state index contributed by atoms with van der Waals surface area (Å²) in [7, 11) is 0. The molecule has 2 aromatic rings. The SMILES string of the molecule is CC(=O)N1CCN(C(=O)c2cn(C(C)=O)c3ccccc23)CC1. The van der Waals surface area contributed by atoms with Crippen LogP contribution in [0.1, 0.15) is 29.0 Å². The Morgan fingerprint density at radius 1 is 0.870 bits per heavy atom. The molecule has 23 heavy (non-hydrogen) atoms. The monoisotopic (exact) mass is 313 g/mol. The number of para-hydroxylation sites is 1. The zero-order valence-electron chi connectivity index (χ0n) is 13.3. The fourth-order valence-corrected chi connectivity index (χ4v) is 3.01. The van der Waals surface area contributed by atoms with Crippen molar-refractivity contribution in [1.82, 2.24) is 14.4 Å². The van der Waals surface area contributed by atoms with Crippen molar-refractivity contribution in [3.8, 4) is 0 Å². The van der Waals surface area contributed by atoms with E-state index in [1.807, 2.05) is 24.3 Å². The first kappa shape index (κ1) is 15.3. The number of hydrogen-bond acceptors (Lipinski definition) is 3. The van der Waals surface area contributed by atoms with Crippen molar-refractivity contribution < 1.29 is 14.4 Å². The van der Waals surface area contributed by atoms with Crippen LogP contribution in [-0.2, 0) is 4.79 Å². The lowest BCUT2D eigenvalue weighted by molar-refractivity contribution is -0.130. The molecular weight excluding hydrogens is 294 g/mol. The van der Waals surface area contributed by atoms with Crippen LogP contribution in [0.5, 0.6) is 0 Å². The second-order valence-corrected chi connectivity index (χ2v) is 5.75. The molecule has 6 heteroatoms. The molecule has 0 radical (unpaired) electrons. The zero-order chi connectivity index (χ0) is 16.6. The van der Waals surface area contributed by atoms with Gasteiger partial charge >= 0.3 is 0 Å². The first-order valence-corrected chi connectivity index (χ1v) is 7.65. The van der Waals surface area contributed by atoms with Gasteiger partial charge in [-0.15, -0.1) is 0 Å². The van der Waals surface area contributed by atoms with Crippen LogP contribution in [0.4, 0.5) is 0 Å². The topological polar surface area (TPSA) is 62.6 Å². The molecule has 0 N–H and O–H groups in total. The highest BCUT2D eigenvalue weighted by Crippen LogP contribution is 2.23. The van der Waals surface area contributed by atoms with Gasteiger partial charge in [0.1, 0.15) is 0 Å². The number of nitrogens with zero attached hydrogens (tertiary/aromatic N) is 3. The molecule has 0 spiro atoms. The Bertz CT molecular complexity index is 785. The summed E-state index contributed by atoms with van der Waals surface area (Å²) >= 11 is 0. The van der Waals surface area contributed by atoms with Gasteiger partial charge in [0.25, 0.3) is 5.91 Å². The van der Waals surface area contributed by atoms with Crippen molar-refractivity contribution in [3.63, 3.8) is 0 Å². The number of carbonyl (C=O) groups excluding carboxylic acids is 3. The minimum Gasteiger partial charge on any atom is -0.339 e. The zero-order valence-corrected chi connectivity index (χ0v) is 13.3. The van der Waals surface area contributed by atoms with Crippen LogP contribution in [0.25, 0.3) is 10.9 Å². The third-order valence-corrected chi connectivity index (χ3v) is 4.29. The van der Waals surface area contributed by atoms with Crippen LogP contribution < -0.4 is 0 Å². The maximum Gasteiger partial charge on any atom is 0.256 e. The van der Waals surface area contributed by atoms with Gasteiger partial charge in [-0.3, -0.25) is 19.0 Å². The minimum atomic E-state index is -0.123. The second-order valence-electron chi connectivity index (χ2n) is 5.75. The summed E-state index contributed by atoms with van der Waals surface area (Å²) in [6, 6.07) is 7.40. The van der Waals surface area contributed by atoms with Gasteiger partial charge in [0.2, 0.25) is 11.8 Å². The number of rotatable bonds is 1. The Hall–Kier alpha value is -2.63. The van der Waals surface area contributed by atoms with Crippen molar-refractivity contribution >= 4 is 28.6 Å². The van der Waals surface area contributed by atoms with Crippen LogP contribution >= 0.6 is 0 Å². The molecule has 1 aromatic heterocycles. The van der Waals surface area contributed by atoms with Crippen molar-refractivity contribution in [3.05, 3.63) is 36.0 Å². The number of fused-ring (bicyclic) bond motifs is 1. The lowest BCUT2D eigenvalue weighted by atomic mass is 10.1. The molecule has 1 aromatic carbocycles. The van der Waals surface area contributed by atoms with Crippen LogP contribution in [0, 0.1) is 0 Å². The van der Waals surface area contributed by atoms with Crippen molar-refractivity contribution in [1.29, 1.82) is 0 Å². The van der Waals surface area contributed by atoms with Crippen LogP contribution in [0.3, 0.4) is 0 Å². The summed E-state index contributed by atoms with van der Waals surface area (Å²) in [5, 5.41) is 0.779. The van der Waals surface area contributed by atoms with Gasteiger partial charge in [0.05, 0.1) is 11.1 Å². The third kappa shape index (κ3) is 2.72. The minimum absolute atomic E-state index is 0.0327. The summed E-state index contributed by atoms with van der Waals surface area (Å²) in [5.74, 6) is -0.184. The molecule has 6 nitrogen and oxygen atoms in total. The molecular formula is C17H19N3O3. The molecule has 1 aliphatic rings. The molecule has 0 atom stereocenters. The highest BCUT2D eigenvalue weighted by atomic mass is 16.2. The van der Waals surface area contributed by atoms with Gasteiger partial charge in [0, 0.05) is 51.6 Å². The van der Waals surface area contributed by atoms with E-state index in [0.29, 0.717) is 31.7 Å². The summed E-state index contributed by atoms with van der Waals surface area (Å²) in [5.41, 5.74) is 1.28. The first-order chi connectivity index (χ1) is 11.0. The highest BCUT2D eigenvalue weighted by Gasteiger charge is 2.26. The summed E-state index contributed by atoms with van der Waals surface area (Å²) in [6.45, 7) is 5.14. The molecule has 1 aliphatic heterocycles. The van der Waals surface area contributed by atoms with E-state index >= 15 is 0 Å². The van der Waals surface area contributed by atoms with Gasteiger partial charge in [0.15, 0.2) is 0 Å². The average Bonchev–Trinajstić information content (AvgIpc) is 2.94. The van der Waals surface area contributed by atoms with E-state index in [4.69, 9.17) is 0 Å². The molecule has 0 aliphatic carbocycles. The summed E-state index contributed by atoms with van der Waals surface area (Å²) < 4.78 is 1.51. The first-order valence-electron chi connectivity index (χ1n) is 7.65. The normalized spacial score (nSPS) is 15.0. The second kappa shape index (κ2) is 5.87. The van der Waals surface area contributed by atoms with E-state index in [1.54, 1.807) is 16.0 Å². The van der Waals surface area contributed by atoms with E-state index in [-0.39, 0.29) is 17.7 Å². The number of benzene rings is 1. The maximum absolute atomic E-state index is 12.8. The molecule has 2 heterocycles. The molecule has 1 saturated heterocycles. The lowest BCUT2D eigenvalue weighted by Gasteiger charge is -2.34. The van der Waals surface area contributed by atoms with E-state index < -0.39 is 0 Å². The molecule has 0 saturated carbocycles. The van der Waals surface area contributed by atoms with E-state index in [9.17, 15) is 14.4 Å². The van der Waals surface area contributed by atoms with Crippen LogP contribution in [-0.4, -0.2) is 58.3 Å². The fraction of sp³-hybridized carbons (Fsp3) is 0.353. The van der Waals surface area contributed by atoms with Crippen molar-refractivity contribution in [2.24, 2.45) is 0 Å². The maximum atomic E-state index is 12.8. The van der Waals surface area contributed by atoms with Gasteiger partial charge < -0.3 is 9.80 Å². The molecule has 2 amide bonds. The predicted octanol–water partition coefficient (Wildman–Crippen LogP) is 1.61. The van der Waals surface area contributed by atoms with E-state index in [1.165, 1.54) is 18.4 Å². The van der Waals surface area contributed by atoms with Crippen molar-refractivity contribution in [2.75, 3.05) is 26.2 Å². The van der Waals surface area contributed by atoms with Gasteiger partial charge in [-0.2, -0.15) is 0 Å². The average molecular weight is 313 g/mol. The highest BCUT2D eigenvalue weighted by molar-refractivity contribution is 6.09.